The summed E-state index contributed by atoms with van der Waals surface area (Å²) in [6.07, 6.45) is 2.92. The smallest absolute Gasteiger partial charge is 0.255 e. The molecule has 0 saturated carbocycles. The molecular formula is C20H23N3O3. The summed E-state index contributed by atoms with van der Waals surface area (Å²) < 4.78 is 11.2. The fraction of sp³-hybridized carbons (Fsp3) is 0.400. The van der Waals surface area contributed by atoms with Crippen molar-refractivity contribution >= 4 is 17.4 Å². The van der Waals surface area contributed by atoms with Crippen molar-refractivity contribution in [2.75, 3.05) is 29.9 Å². The standard InChI is InChI=1S/C20H23N3O3/c1-13-11-23(12-14(2)26-13)19-6-4-17(10-21-19)22-20(24)16-3-5-18-15(9-16)7-8-25-18/h3-6,9-10,13-14H,7-8,11-12H2,1-2H3,(H,22,24)/t13-,14+. The van der Waals surface area contributed by atoms with Crippen LogP contribution in [0.1, 0.15) is 29.8 Å². The molecule has 2 aromatic rings. The molecule has 2 aliphatic heterocycles. The number of rotatable bonds is 3. The zero-order valence-corrected chi connectivity index (χ0v) is 15.1. The molecule has 26 heavy (non-hydrogen) atoms. The fourth-order valence-corrected chi connectivity index (χ4v) is 3.54. The second-order valence-electron chi connectivity index (χ2n) is 6.94. The number of pyridine rings is 1. The van der Waals surface area contributed by atoms with E-state index < -0.39 is 0 Å². The molecule has 3 heterocycles. The Bertz CT molecular complexity index is 796. The number of aromatic nitrogens is 1. The highest BCUT2D eigenvalue weighted by atomic mass is 16.5. The maximum atomic E-state index is 12.5. The fourth-order valence-electron chi connectivity index (χ4n) is 3.54. The molecule has 4 rings (SSSR count). The molecule has 0 spiro atoms. The number of carbonyl (C=O) groups excluding carboxylic acids is 1. The molecule has 136 valence electrons. The minimum atomic E-state index is -0.136. The van der Waals surface area contributed by atoms with Gasteiger partial charge in [-0.2, -0.15) is 0 Å². The van der Waals surface area contributed by atoms with E-state index in [4.69, 9.17) is 9.47 Å². The lowest BCUT2D eigenvalue weighted by Gasteiger charge is -2.36. The van der Waals surface area contributed by atoms with Crippen LogP contribution in [0.25, 0.3) is 0 Å². The third-order valence-corrected chi connectivity index (χ3v) is 4.70. The van der Waals surface area contributed by atoms with Crippen LogP contribution in [0, 0.1) is 0 Å². The van der Waals surface area contributed by atoms with Crippen LogP contribution >= 0.6 is 0 Å². The van der Waals surface area contributed by atoms with Gasteiger partial charge in [-0.15, -0.1) is 0 Å². The summed E-state index contributed by atoms with van der Waals surface area (Å²) in [5.74, 6) is 1.64. The van der Waals surface area contributed by atoms with Gasteiger partial charge < -0.3 is 19.7 Å². The van der Waals surface area contributed by atoms with Gasteiger partial charge in [-0.05, 0) is 49.7 Å². The molecule has 0 bridgehead atoms. The minimum Gasteiger partial charge on any atom is -0.493 e. The molecule has 2 atom stereocenters. The van der Waals surface area contributed by atoms with Crippen LogP contribution in [0.5, 0.6) is 5.75 Å². The number of carbonyl (C=O) groups is 1. The first kappa shape index (κ1) is 16.8. The highest BCUT2D eigenvalue weighted by Crippen LogP contribution is 2.26. The van der Waals surface area contributed by atoms with E-state index in [-0.39, 0.29) is 18.1 Å². The Morgan fingerprint density at radius 3 is 2.73 bits per heavy atom. The maximum Gasteiger partial charge on any atom is 0.255 e. The molecule has 0 aliphatic carbocycles. The second-order valence-corrected chi connectivity index (χ2v) is 6.94. The van der Waals surface area contributed by atoms with E-state index in [1.807, 2.05) is 24.3 Å². The maximum absolute atomic E-state index is 12.5. The second kappa shape index (κ2) is 6.96. The van der Waals surface area contributed by atoms with Crippen molar-refractivity contribution in [3.63, 3.8) is 0 Å². The van der Waals surface area contributed by atoms with Gasteiger partial charge in [0.1, 0.15) is 11.6 Å². The molecule has 6 nitrogen and oxygen atoms in total. The molecule has 1 amide bonds. The average molecular weight is 353 g/mol. The summed E-state index contributed by atoms with van der Waals surface area (Å²) >= 11 is 0. The first-order chi connectivity index (χ1) is 12.6. The lowest BCUT2D eigenvalue weighted by Crippen LogP contribution is -2.45. The Morgan fingerprint density at radius 1 is 1.19 bits per heavy atom. The number of fused-ring (bicyclic) bond motifs is 1. The van der Waals surface area contributed by atoms with Gasteiger partial charge in [-0.3, -0.25) is 4.79 Å². The zero-order valence-electron chi connectivity index (χ0n) is 15.1. The van der Waals surface area contributed by atoms with Crippen molar-refractivity contribution in [1.82, 2.24) is 4.98 Å². The van der Waals surface area contributed by atoms with E-state index in [0.717, 1.165) is 36.6 Å². The largest absolute Gasteiger partial charge is 0.493 e. The monoisotopic (exact) mass is 353 g/mol. The van der Waals surface area contributed by atoms with Crippen molar-refractivity contribution < 1.29 is 14.3 Å². The van der Waals surface area contributed by atoms with Gasteiger partial charge in [0, 0.05) is 25.1 Å². The highest BCUT2D eigenvalue weighted by molar-refractivity contribution is 6.04. The van der Waals surface area contributed by atoms with E-state index in [2.05, 4.69) is 29.0 Å². The first-order valence-corrected chi connectivity index (χ1v) is 9.02. The molecule has 1 aromatic heterocycles. The van der Waals surface area contributed by atoms with Gasteiger partial charge in [0.2, 0.25) is 0 Å². The molecule has 2 aliphatic rings. The van der Waals surface area contributed by atoms with E-state index in [1.54, 1.807) is 12.3 Å². The van der Waals surface area contributed by atoms with Crippen molar-refractivity contribution in [2.24, 2.45) is 0 Å². The number of anilines is 2. The Labute approximate surface area is 153 Å². The quantitative estimate of drug-likeness (QED) is 0.919. The topological polar surface area (TPSA) is 63.7 Å². The van der Waals surface area contributed by atoms with Gasteiger partial charge in [-0.1, -0.05) is 0 Å². The van der Waals surface area contributed by atoms with Gasteiger partial charge in [0.15, 0.2) is 0 Å². The van der Waals surface area contributed by atoms with E-state index in [9.17, 15) is 4.79 Å². The summed E-state index contributed by atoms with van der Waals surface area (Å²) in [6.45, 7) is 6.46. The third-order valence-electron chi connectivity index (χ3n) is 4.70. The molecule has 6 heteroatoms. The van der Waals surface area contributed by atoms with Crippen LogP contribution in [-0.4, -0.2) is 42.8 Å². The van der Waals surface area contributed by atoms with Gasteiger partial charge >= 0.3 is 0 Å². The summed E-state index contributed by atoms with van der Waals surface area (Å²) in [5.41, 5.74) is 2.40. The van der Waals surface area contributed by atoms with Gasteiger partial charge in [0.25, 0.3) is 5.91 Å². The van der Waals surface area contributed by atoms with E-state index >= 15 is 0 Å². The summed E-state index contributed by atoms with van der Waals surface area (Å²) in [7, 11) is 0. The van der Waals surface area contributed by atoms with Crippen molar-refractivity contribution in [3.05, 3.63) is 47.7 Å². The van der Waals surface area contributed by atoms with Crippen LogP contribution in [0.4, 0.5) is 11.5 Å². The predicted octanol–water partition coefficient (Wildman–Crippen LogP) is 2.88. The molecule has 1 N–H and O–H groups in total. The van der Waals surface area contributed by atoms with Crippen molar-refractivity contribution in [2.45, 2.75) is 32.5 Å². The summed E-state index contributed by atoms with van der Waals surface area (Å²) in [6, 6.07) is 9.38. The van der Waals surface area contributed by atoms with Crippen LogP contribution in [0.2, 0.25) is 0 Å². The van der Waals surface area contributed by atoms with E-state index in [0.29, 0.717) is 17.9 Å². The molecule has 1 saturated heterocycles. The Balaban J connectivity index is 1.43. The Morgan fingerprint density at radius 2 is 2.00 bits per heavy atom. The average Bonchev–Trinajstić information content (AvgIpc) is 3.09. The first-order valence-electron chi connectivity index (χ1n) is 9.02. The number of morpholine rings is 1. The number of amides is 1. The highest BCUT2D eigenvalue weighted by Gasteiger charge is 2.23. The Kier molecular flexibility index (Phi) is 4.51. The molecule has 0 unspecified atom stereocenters. The molecule has 1 aromatic carbocycles. The minimum absolute atomic E-state index is 0.136. The summed E-state index contributed by atoms with van der Waals surface area (Å²) in [5, 5.41) is 2.91. The number of hydrogen-bond acceptors (Lipinski definition) is 5. The number of nitrogens with one attached hydrogen (secondary N) is 1. The van der Waals surface area contributed by atoms with Crippen LogP contribution < -0.4 is 15.0 Å². The normalized spacial score (nSPS) is 21.8. The molecule has 0 radical (unpaired) electrons. The number of nitrogens with zero attached hydrogens (tertiary/aromatic N) is 2. The van der Waals surface area contributed by atoms with Gasteiger partial charge in [-0.25, -0.2) is 4.98 Å². The lowest BCUT2D eigenvalue weighted by molar-refractivity contribution is -0.00545. The molecular weight excluding hydrogens is 330 g/mol. The number of ether oxygens (including phenoxy) is 2. The predicted molar refractivity (Wildman–Crippen MR) is 100 cm³/mol. The number of benzene rings is 1. The van der Waals surface area contributed by atoms with Crippen LogP contribution in [0.3, 0.4) is 0 Å². The van der Waals surface area contributed by atoms with Crippen molar-refractivity contribution in [3.8, 4) is 5.75 Å². The Hall–Kier alpha value is -2.60. The van der Waals surface area contributed by atoms with Crippen molar-refractivity contribution in [1.29, 1.82) is 0 Å². The van der Waals surface area contributed by atoms with E-state index in [1.165, 1.54) is 0 Å². The lowest BCUT2D eigenvalue weighted by atomic mass is 10.1. The van der Waals surface area contributed by atoms with Gasteiger partial charge in [0.05, 0.1) is 30.7 Å². The summed E-state index contributed by atoms with van der Waals surface area (Å²) in [4.78, 5) is 19.2. The SMILES string of the molecule is C[C@@H]1CN(c2ccc(NC(=O)c3ccc4c(c3)CCO4)cn2)C[C@H](C)O1. The van der Waals surface area contributed by atoms with Crippen LogP contribution in [-0.2, 0) is 11.2 Å². The zero-order chi connectivity index (χ0) is 18.1. The third kappa shape index (κ3) is 3.51. The van der Waals surface area contributed by atoms with Crippen LogP contribution in [0.15, 0.2) is 36.5 Å². The number of hydrogen-bond donors (Lipinski definition) is 1. The molecule has 1 fully saturated rings.